The monoisotopic (exact) mass is 317 g/mol. The van der Waals surface area contributed by atoms with E-state index >= 15 is 0 Å². The number of amides is 1. The summed E-state index contributed by atoms with van der Waals surface area (Å²) in [5, 5.41) is 2.80. The van der Waals surface area contributed by atoms with E-state index in [0.717, 1.165) is 28.1 Å². The Kier molecular flexibility index (Phi) is 3.59. The van der Waals surface area contributed by atoms with E-state index in [1.165, 1.54) is 6.26 Å². The first-order chi connectivity index (χ1) is 11.8. The summed E-state index contributed by atoms with van der Waals surface area (Å²) >= 11 is 0. The molecule has 0 saturated heterocycles. The van der Waals surface area contributed by atoms with Gasteiger partial charge in [-0.05, 0) is 42.0 Å². The molecular weight excluding hydrogens is 302 g/mol. The van der Waals surface area contributed by atoms with Gasteiger partial charge in [0.2, 0.25) is 0 Å². The average Bonchev–Trinajstić information content (AvgIpc) is 3.25. The number of aromatic amines is 1. The van der Waals surface area contributed by atoms with E-state index in [2.05, 4.69) is 15.3 Å². The van der Waals surface area contributed by atoms with Gasteiger partial charge >= 0.3 is 0 Å². The highest BCUT2D eigenvalue weighted by Gasteiger charge is 2.09. The van der Waals surface area contributed by atoms with E-state index in [-0.39, 0.29) is 5.91 Å². The van der Waals surface area contributed by atoms with Gasteiger partial charge in [0.1, 0.15) is 5.82 Å². The summed E-state index contributed by atoms with van der Waals surface area (Å²) in [7, 11) is 0. The van der Waals surface area contributed by atoms with Crippen LogP contribution in [0.2, 0.25) is 0 Å². The number of fused-ring (bicyclic) bond motifs is 1. The zero-order valence-corrected chi connectivity index (χ0v) is 12.8. The predicted molar refractivity (Wildman–Crippen MR) is 92.0 cm³/mol. The Labute approximate surface area is 138 Å². The molecule has 0 aliphatic carbocycles. The highest BCUT2D eigenvalue weighted by atomic mass is 16.3. The first-order valence-electron chi connectivity index (χ1n) is 7.65. The summed E-state index contributed by atoms with van der Waals surface area (Å²) in [5.74, 6) is 0.954. The second kappa shape index (κ2) is 6.04. The highest BCUT2D eigenvalue weighted by Crippen LogP contribution is 2.16. The first-order valence-corrected chi connectivity index (χ1v) is 7.65. The Bertz CT molecular complexity index is 936. The molecular formula is C19H15N3O2. The van der Waals surface area contributed by atoms with Crippen LogP contribution in [0, 0.1) is 0 Å². The number of furan rings is 1. The van der Waals surface area contributed by atoms with Gasteiger partial charge < -0.3 is 14.7 Å². The smallest absolute Gasteiger partial charge is 0.291 e. The lowest BCUT2D eigenvalue weighted by molar-refractivity contribution is 0.0996. The molecule has 24 heavy (non-hydrogen) atoms. The van der Waals surface area contributed by atoms with Crippen molar-refractivity contribution in [2.24, 2.45) is 0 Å². The second-order valence-corrected chi connectivity index (χ2v) is 5.51. The van der Waals surface area contributed by atoms with Crippen LogP contribution in [-0.4, -0.2) is 15.9 Å². The van der Waals surface area contributed by atoms with Gasteiger partial charge in [-0.1, -0.05) is 24.3 Å². The van der Waals surface area contributed by atoms with Gasteiger partial charge in [0.15, 0.2) is 5.76 Å². The Hall–Kier alpha value is -3.34. The maximum atomic E-state index is 11.9. The van der Waals surface area contributed by atoms with Gasteiger partial charge in [-0.15, -0.1) is 0 Å². The Morgan fingerprint density at radius 2 is 1.88 bits per heavy atom. The molecule has 2 aromatic heterocycles. The Morgan fingerprint density at radius 3 is 2.62 bits per heavy atom. The lowest BCUT2D eigenvalue weighted by Crippen LogP contribution is -2.10. The molecule has 0 bridgehead atoms. The quantitative estimate of drug-likeness (QED) is 0.597. The van der Waals surface area contributed by atoms with Crippen molar-refractivity contribution in [2.45, 2.75) is 6.42 Å². The van der Waals surface area contributed by atoms with Gasteiger partial charge in [0.05, 0.1) is 17.3 Å². The molecule has 5 heteroatoms. The first kappa shape index (κ1) is 14.3. The Balaban J connectivity index is 1.46. The van der Waals surface area contributed by atoms with E-state index in [9.17, 15) is 4.79 Å². The van der Waals surface area contributed by atoms with Gasteiger partial charge in [0, 0.05) is 12.1 Å². The van der Waals surface area contributed by atoms with Crippen molar-refractivity contribution in [2.75, 3.05) is 5.32 Å². The minimum absolute atomic E-state index is 0.259. The van der Waals surface area contributed by atoms with Gasteiger partial charge in [-0.2, -0.15) is 0 Å². The van der Waals surface area contributed by atoms with Crippen molar-refractivity contribution < 1.29 is 9.21 Å². The lowest BCUT2D eigenvalue weighted by atomic mass is 10.1. The number of anilines is 1. The predicted octanol–water partition coefficient (Wildman–Crippen LogP) is 4.00. The molecule has 2 aromatic carbocycles. The topological polar surface area (TPSA) is 70.9 Å². The van der Waals surface area contributed by atoms with Crippen LogP contribution in [0.1, 0.15) is 21.9 Å². The number of carbonyl (C=O) groups is 1. The average molecular weight is 317 g/mol. The number of carbonyl (C=O) groups excluding carboxylic acids is 1. The molecule has 0 saturated carbocycles. The molecule has 0 aliphatic heterocycles. The normalized spacial score (nSPS) is 10.8. The third-order valence-corrected chi connectivity index (χ3v) is 3.77. The molecule has 0 unspecified atom stereocenters. The maximum absolute atomic E-state index is 11.9. The largest absolute Gasteiger partial charge is 0.459 e. The van der Waals surface area contributed by atoms with Crippen LogP contribution in [0.4, 0.5) is 5.69 Å². The summed E-state index contributed by atoms with van der Waals surface area (Å²) in [4.78, 5) is 19.8. The number of hydrogen-bond donors (Lipinski definition) is 2. The van der Waals surface area contributed by atoms with E-state index < -0.39 is 0 Å². The number of nitrogens with zero attached hydrogens (tertiary/aromatic N) is 1. The minimum atomic E-state index is -0.259. The molecule has 4 rings (SSSR count). The molecule has 118 valence electrons. The van der Waals surface area contributed by atoms with Crippen LogP contribution < -0.4 is 5.32 Å². The van der Waals surface area contributed by atoms with Crippen LogP contribution in [0.3, 0.4) is 0 Å². The number of H-pyrrole nitrogens is 1. The van der Waals surface area contributed by atoms with Crippen LogP contribution in [0.5, 0.6) is 0 Å². The van der Waals surface area contributed by atoms with E-state index in [0.29, 0.717) is 12.2 Å². The highest BCUT2D eigenvalue weighted by molar-refractivity contribution is 6.02. The summed E-state index contributed by atoms with van der Waals surface area (Å²) in [6.07, 6.45) is 2.19. The molecule has 2 heterocycles. The fourth-order valence-corrected chi connectivity index (χ4v) is 2.59. The van der Waals surface area contributed by atoms with Crippen LogP contribution >= 0.6 is 0 Å². The van der Waals surface area contributed by atoms with E-state index in [1.54, 1.807) is 12.1 Å². The van der Waals surface area contributed by atoms with Crippen molar-refractivity contribution in [3.63, 3.8) is 0 Å². The van der Waals surface area contributed by atoms with Gasteiger partial charge in [-0.25, -0.2) is 4.98 Å². The zero-order valence-electron chi connectivity index (χ0n) is 12.8. The number of benzene rings is 2. The summed E-state index contributed by atoms with van der Waals surface area (Å²) in [6.45, 7) is 0. The standard InChI is InChI=1S/C19H15N3O2/c23-19(17-6-3-11-24-17)20-14-9-7-13(8-10-14)12-18-21-15-4-1-2-5-16(15)22-18/h1-11H,12H2,(H,20,23)(H,21,22). The summed E-state index contributed by atoms with van der Waals surface area (Å²) < 4.78 is 5.07. The van der Waals surface area contributed by atoms with Crippen molar-refractivity contribution in [3.8, 4) is 0 Å². The minimum Gasteiger partial charge on any atom is -0.459 e. The zero-order chi connectivity index (χ0) is 16.4. The number of para-hydroxylation sites is 2. The lowest BCUT2D eigenvalue weighted by Gasteiger charge is -2.04. The molecule has 4 aromatic rings. The number of imidazole rings is 1. The summed E-state index contributed by atoms with van der Waals surface area (Å²) in [5.41, 5.74) is 3.85. The molecule has 0 spiro atoms. The van der Waals surface area contributed by atoms with Crippen molar-refractivity contribution >= 4 is 22.6 Å². The molecule has 0 fully saturated rings. The second-order valence-electron chi connectivity index (χ2n) is 5.51. The van der Waals surface area contributed by atoms with Crippen molar-refractivity contribution in [1.82, 2.24) is 9.97 Å². The third kappa shape index (κ3) is 2.92. The van der Waals surface area contributed by atoms with Crippen molar-refractivity contribution in [3.05, 3.63) is 84.1 Å². The third-order valence-electron chi connectivity index (χ3n) is 3.77. The molecule has 0 atom stereocenters. The molecule has 0 radical (unpaired) electrons. The number of hydrogen-bond acceptors (Lipinski definition) is 3. The fraction of sp³-hybridized carbons (Fsp3) is 0.0526. The van der Waals surface area contributed by atoms with Gasteiger partial charge in [0.25, 0.3) is 5.91 Å². The number of aromatic nitrogens is 2. The van der Waals surface area contributed by atoms with Crippen LogP contribution in [0.25, 0.3) is 11.0 Å². The molecule has 0 aliphatic rings. The van der Waals surface area contributed by atoms with Crippen LogP contribution in [0.15, 0.2) is 71.3 Å². The SMILES string of the molecule is O=C(Nc1ccc(Cc2nc3ccccc3[nH]2)cc1)c1ccco1. The number of rotatable bonds is 4. The van der Waals surface area contributed by atoms with Crippen LogP contribution in [-0.2, 0) is 6.42 Å². The van der Waals surface area contributed by atoms with E-state index in [1.807, 2.05) is 48.5 Å². The number of nitrogens with one attached hydrogen (secondary N) is 2. The Morgan fingerprint density at radius 1 is 1.04 bits per heavy atom. The molecule has 1 amide bonds. The molecule has 2 N–H and O–H groups in total. The van der Waals surface area contributed by atoms with Gasteiger partial charge in [-0.3, -0.25) is 4.79 Å². The fourth-order valence-electron chi connectivity index (χ4n) is 2.59. The summed E-state index contributed by atoms with van der Waals surface area (Å²) in [6, 6.07) is 19.0. The van der Waals surface area contributed by atoms with Crippen molar-refractivity contribution in [1.29, 1.82) is 0 Å². The maximum Gasteiger partial charge on any atom is 0.291 e. The van der Waals surface area contributed by atoms with E-state index in [4.69, 9.17) is 4.42 Å². The molecule has 5 nitrogen and oxygen atoms in total.